The van der Waals surface area contributed by atoms with Gasteiger partial charge in [0.25, 0.3) is 0 Å². The van der Waals surface area contributed by atoms with Crippen LogP contribution in [0.5, 0.6) is 0 Å². The number of hydrogen-bond donors (Lipinski definition) is 1. The normalized spacial score (nSPS) is 12.6. The van der Waals surface area contributed by atoms with Crippen molar-refractivity contribution in [3.63, 3.8) is 0 Å². The van der Waals surface area contributed by atoms with Crippen LogP contribution in [-0.4, -0.2) is 38.9 Å². The van der Waals surface area contributed by atoms with Gasteiger partial charge in [0, 0.05) is 51.4 Å². The standard InChI is InChI=1S/C14H23N5O/c1-12(9-18-7-5-15-11-18)16-14-17-13(2)10-19(14)6-4-8-20-3/h5,7,10-12H,4,6,8-9H2,1-3H3,(H,16,17). The molecule has 0 spiro atoms. The molecule has 6 heteroatoms. The highest BCUT2D eigenvalue weighted by Gasteiger charge is 2.09. The summed E-state index contributed by atoms with van der Waals surface area (Å²) in [6.07, 6.45) is 8.64. The minimum atomic E-state index is 0.284. The van der Waals surface area contributed by atoms with Crippen molar-refractivity contribution >= 4 is 5.95 Å². The Balaban J connectivity index is 1.93. The van der Waals surface area contributed by atoms with Gasteiger partial charge >= 0.3 is 0 Å². The highest BCUT2D eigenvalue weighted by molar-refractivity contribution is 5.29. The van der Waals surface area contributed by atoms with E-state index in [9.17, 15) is 0 Å². The van der Waals surface area contributed by atoms with Crippen molar-refractivity contribution in [1.82, 2.24) is 19.1 Å². The van der Waals surface area contributed by atoms with Gasteiger partial charge in [-0.05, 0) is 20.3 Å². The zero-order chi connectivity index (χ0) is 14.4. The van der Waals surface area contributed by atoms with Crippen LogP contribution in [-0.2, 0) is 17.8 Å². The number of nitrogens with zero attached hydrogens (tertiary/aromatic N) is 4. The second kappa shape index (κ2) is 7.09. The van der Waals surface area contributed by atoms with Crippen LogP contribution in [0.2, 0.25) is 0 Å². The molecule has 1 atom stereocenters. The van der Waals surface area contributed by atoms with Crippen molar-refractivity contribution in [3.8, 4) is 0 Å². The molecular weight excluding hydrogens is 254 g/mol. The van der Waals surface area contributed by atoms with E-state index in [1.807, 2.05) is 19.4 Å². The van der Waals surface area contributed by atoms with E-state index in [1.165, 1.54) is 0 Å². The lowest BCUT2D eigenvalue weighted by Crippen LogP contribution is -2.23. The summed E-state index contributed by atoms with van der Waals surface area (Å²) < 4.78 is 9.31. The first-order valence-electron chi connectivity index (χ1n) is 6.94. The third-order valence-electron chi connectivity index (χ3n) is 3.06. The molecule has 110 valence electrons. The fraction of sp³-hybridized carbons (Fsp3) is 0.571. The Morgan fingerprint density at radius 3 is 3.00 bits per heavy atom. The Kier molecular flexibility index (Phi) is 5.17. The van der Waals surface area contributed by atoms with E-state index in [4.69, 9.17) is 4.74 Å². The summed E-state index contributed by atoms with van der Waals surface area (Å²) in [7, 11) is 1.73. The van der Waals surface area contributed by atoms with Crippen LogP contribution < -0.4 is 5.32 Å². The van der Waals surface area contributed by atoms with E-state index in [1.54, 1.807) is 13.3 Å². The maximum atomic E-state index is 5.10. The summed E-state index contributed by atoms with van der Waals surface area (Å²) in [5.74, 6) is 0.922. The Morgan fingerprint density at radius 1 is 1.45 bits per heavy atom. The van der Waals surface area contributed by atoms with Crippen LogP contribution >= 0.6 is 0 Å². The van der Waals surface area contributed by atoms with E-state index >= 15 is 0 Å². The molecule has 0 aromatic carbocycles. The van der Waals surface area contributed by atoms with Crippen molar-refractivity contribution < 1.29 is 4.74 Å². The minimum absolute atomic E-state index is 0.284. The molecule has 2 aromatic rings. The van der Waals surface area contributed by atoms with Crippen molar-refractivity contribution in [1.29, 1.82) is 0 Å². The van der Waals surface area contributed by atoms with Gasteiger partial charge in [0.2, 0.25) is 5.95 Å². The van der Waals surface area contributed by atoms with Crippen molar-refractivity contribution in [2.45, 2.75) is 39.4 Å². The summed E-state index contributed by atoms with van der Waals surface area (Å²) in [5.41, 5.74) is 1.03. The molecule has 0 aliphatic rings. The Labute approximate surface area is 119 Å². The molecule has 0 amide bonds. The van der Waals surface area contributed by atoms with E-state index < -0.39 is 0 Å². The zero-order valence-corrected chi connectivity index (χ0v) is 12.4. The van der Waals surface area contributed by atoms with E-state index in [0.29, 0.717) is 0 Å². The third-order valence-corrected chi connectivity index (χ3v) is 3.06. The number of aromatic nitrogens is 4. The molecular formula is C14H23N5O. The minimum Gasteiger partial charge on any atom is -0.385 e. The van der Waals surface area contributed by atoms with Gasteiger partial charge in [-0.25, -0.2) is 9.97 Å². The molecule has 0 radical (unpaired) electrons. The van der Waals surface area contributed by atoms with Gasteiger partial charge in [-0.3, -0.25) is 0 Å². The van der Waals surface area contributed by atoms with Crippen molar-refractivity contribution in [3.05, 3.63) is 30.6 Å². The molecule has 2 heterocycles. The highest BCUT2D eigenvalue weighted by Crippen LogP contribution is 2.11. The Morgan fingerprint density at radius 2 is 2.30 bits per heavy atom. The van der Waals surface area contributed by atoms with Gasteiger partial charge in [-0.15, -0.1) is 0 Å². The summed E-state index contributed by atoms with van der Waals surface area (Å²) in [6.45, 7) is 6.70. The quantitative estimate of drug-likeness (QED) is 0.749. The molecule has 0 saturated carbocycles. The molecule has 2 rings (SSSR count). The number of anilines is 1. The first-order valence-corrected chi connectivity index (χ1v) is 6.94. The first-order chi connectivity index (χ1) is 9.69. The molecule has 20 heavy (non-hydrogen) atoms. The Hall–Kier alpha value is -1.82. The van der Waals surface area contributed by atoms with Gasteiger partial charge in [0.05, 0.1) is 12.0 Å². The van der Waals surface area contributed by atoms with Gasteiger partial charge in [-0.2, -0.15) is 0 Å². The van der Waals surface area contributed by atoms with Gasteiger partial charge in [0.1, 0.15) is 0 Å². The average Bonchev–Trinajstić information content (AvgIpc) is 3.00. The molecule has 1 unspecified atom stereocenters. The molecule has 0 aliphatic carbocycles. The molecule has 6 nitrogen and oxygen atoms in total. The first kappa shape index (κ1) is 14.6. The number of ether oxygens (including phenoxy) is 1. The SMILES string of the molecule is COCCCn1cc(C)nc1NC(C)Cn1ccnc1. The largest absolute Gasteiger partial charge is 0.385 e. The second-order valence-corrected chi connectivity index (χ2v) is 5.05. The number of nitrogens with one attached hydrogen (secondary N) is 1. The maximum Gasteiger partial charge on any atom is 0.203 e. The third kappa shape index (κ3) is 4.09. The molecule has 0 fully saturated rings. The summed E-state index contributed by atoms with van der Waals surface area (Å²) in [4.78, 5) is 8.60. The van der Waals surface area contributed by atoms with Gasteiger partial charge in [-0.1, -0.05) is 0 Å². The van der Waals surface area contributed by atoms with Crippen LogP contribution in [0.1, 0.15) is 19.0 Å². The summed E-state index contributed by atoms with van der Waals surface area (Å²) in [6, 6.07) is 0.284. The van der Waals surface area contributed by atoms with E-state index in [0.717, 1.165) is 37.8 Å². The lowest BCUT2D eigenvalue weighted by molar-refractivity contribution is 0.190. The van der Waals surface area contributed by atoms with E-state index in [2.05, 4.69) is 37.5 Å². The molecule has 0 bridgehead atoms. The van der Waals surface area contributed by atoms with Gasteiger partial charge in [0.15, 0.2) is 0 Å². The smallest absolute Gasteiger partial charge is 0.203 e. The molecule has 2 aromatic heterocycles. The maximum absolute atomic E-state index is 5.10. The van der Waals surface area contributed by atoms with Crippen LogP contribution in [0.25, 0.3) is 0 Å². The average molecular weight is 277 g/mol. The molecule has 0 aliphatic heterocycles. The summed E-state index contributed by atoms with van der Waals surface area (Å²) >= 11 is 0. The molecule has 1 N–H and O–H groups in total. The van der Waals surface area contributed by atoms with Crippen molar-refractivity contribution in [2.75, 3.05) is 19.0 Å². The predicted octanol–water partition coefficient (Wildman–Crippen LogP) is 1.93. The van der Waals surface area contributed by atoms with Crippen LogP contribution in [0, 0.1) is 6.92 Å². The fourth-order valence-electron chi connectivity index (χ4n) is 2.19. The van der Waals surface area contributed by atoms with Gasteiger partial charge < -0.3 is 19.2 Å². The topological polar surface area (TPSA) is 56.9 Å². The molecule has 0 saturated heterocycles. The van der Waals surface area contributed by atoms with E-state index in [-0.39, 0.29) is 6.04 Å². The Bertz CT molecular complexity index is 506. The zero-order valence-electron chi connectivity index (χ0n) is 12.4. The number of aryl methyl sites for hydroxylation is 2. The monoisotopic (exact) mass is 277 g/mol. The van der Waals surface area contributed by atoms with Crippen LogP contribution in [0.3, 0.4) is 0 Å². The second-order valence-electron chi connectivity index (χ2n) is 5.05. The van der Waals surface area contributed by atoms with Crippen molar-refractivity contribution in [2.24, 2.45) is 0 Å². The lowest BCUT2D eigenvalue weighted by atomic mass is 10.3. The van der Waals surface area contributed by atoms with Crippen LogP contribution in [0.15, 0.2) is 24.9 Å². The number of rotatable bonds is 8. The fourth-order valence-corrected chi connectivity index (χ4v) is 2.19. The summed E-state index contributed by atoms with van der Waals surface area (Å²) in [5, 5.41) is 3.46. The number of imidazole rings is 2. The predicted molar refractivity (Wildman–Crippen MR) is 78.8 cm³/mol. The van der Waals surface area contributed by atoms with Crippen LogP contribution in [0.4, 0.5) is 5.95 Å². The number of methoxy groups -OCH3 is 1. The lowest BCUT2D eigenvalue weighted by Gasteiger charge is -2.16. The number of hydrogen-bond acceptors (Lipinski definition) is 4. The highest BCUT2D eigenvalue weighted by atomic mass is 16.5.